The smallest absolute Gasteiger partial charge is 0.192 e. The number of hydrogen-bond donors (Lipinski definition) is 0. The molecule has 0 saturated carbocycles. The summed E-state index contributed by atoms with van der Waals surface area (Å²) in [6.07, 6.45) is 1.83. The van der Waals surface area contributed by atoms with Crippen LogP contribution in [0.15, 0.2) is 60.3 Å². The summed E-state index contributed by atoms with van der Waals surface area (Å²) in [5.74, 6) is 1.59. The maximum atomic E-state index is 6.14. The molecule has 25 heavy (non-hydrogen) atoms. The second-order valence-corrected chi connectivity index (χ2v) is 7.37. The van der Waals surface area contributed by atoms with Gasteiger partial charge in [0, 0.05) is 17.9 Å². The minimum Gasteiger partial charge on any atom is -0.298 e. The topological polar surface area (TPSA) is 30.7 Å². The van der Waals surface area contributed by atoms with Crippen LogP contribution in [-0.4, -0.2) is 14.8 Å². The summed E-state index contributed by atoms with van der Waals surface area (Å²) in [4.78, 5) is 0. The molecule has 3 aromatic rings. The molecular weight excluding hydrogens is 373 g/mol. The first-order valence-corrected chi connectivity index (χ1v) is 9.50. The van der Waals surface area contributed by atoms with Crippen LogP contribution in [0.1, 0.15) is 11.1 Å². The van der Waals surface area contributed by atoms with E-state index in [1.54, 1.807) is 17.8 Å². The highest BCUT2D eigenvalue weighted by Gasteiger charge is 2.14. The van der Waals surface area contributed by atoms with Crippen LogP contribution in [0.2, 0.25) is 10.0 Å². The second kappa shape index (κ2) is 8.09. The first-order valence-electron chi connectivity index (χ1n) is 7.76. The van der Waals surface area contributed by atoms with E-state index < -0.39 is 0 Å². The van der Waals surface area contributed by atoms with Crippen LogP contribution in [0.4, 0.5) is 0 Å². The molecule has 0 amide bonds. The fourth-order valence-electron chi connectivity index (χ4n) is 2.49. The van der Waals surface area contributed by atoms with Gasteiger partial charge in [-0.25, -0.2) is 0 Å². The van der Waals surface area contributed by atoms with E-state index in [4.69, 9.17) is 23.2 Å². The zero-order valence-corrected chi connectivity index (χ0v) is 16.1. The number of hydrogen-bond acceptors (Lipinski definition) is 3. The standard InChI is InChI=1S/C19H17Cl2N3S/c1-3-9-24-18(15-7-8-16(20)17(21)11-15)22-23-19(24)25-12-14-6-4-5-13(2)10-14/h3-8,10-11H,1,9,12H2,2H3. The molecule has 0 N–H and O–H groups in total. The van der Waals surface area contributed by atoms with Crippen molar-refractivity contribution < 1.29 is 0 Å². The predicted molar refractivity (Wildman–Crippen MR) is 106 cm³/mol. The Balaban J connectivity index is 1.88. The van der Waals surface area contributed by atoms with Gasteiger partial charge in [-0.1, -0.05) is 70.9 Å². The number of nitrogens with zero attached hydrogens (tertiary/aromatic N) is 3. The number of halogens is 2. The maximum absolute atomic E-state index is 6.14. The monoisotopic (exact) mass is 389 g/mol. The molecule has 0 aliphatic heterocycles. The van der Waals surface area contributed by atoms with E-state index in [0.29, 0.717) is 16.6 Å². The van der Waals surface area contributed by atoms with Crippen LogP contribution in [0.3, 0.4) is 0 Å². The Morgan fingerprint density at radius 3 is 2.68 bits per heavy atom. The molecule has 0 fully saturated rings. The lowest BCUT2D eigenvalue weighted by molar-refractivity contribution is 0.731. The molecule has 2 aromatic carbocycles. The van der Waals surface area contributed by atoms with Gasteiger partial charge < -0.3 is 0 Å². The lowest BCUT2D eigenvalue weighted by Crippen LogP contribution is -2.00. The van der Waals surface area contributed by atoms with Crippen molar-refractivity contribution in [2.75, 3.05) is 0 Å². The van der Waals surface area contributed by atoms with Crippen LogP contribution in [0.25, 0.3) is 11.4 Å². The molecule has 3 nitrogen and oxygen atoms in total. The molecule has 1 heterocycles. The maximum Gasteiger partial charge on any atom is 0.192 e. The zero-order chi connectivity index (χ0) is 17.8. The van der Waals surface area contributed by atoms with Gasteiger partial charge in [-0.3, -0.25) is 4.57 Å². The Morgan fingerprint density at radius 1 is 1.12 bits per heavy atom. The van der Waals surface area contributed by atoms with Crippen molar-refractivity contribution in [3.8, 4) is 11.4 Å². The molecule has 0 saturated heterocycles. The van der Waals surface area contributed by atoms with Crippen LogP contribution >= 0.6 is 35.0 Å². The van der Waals surface area contributed by atoms with Crippen molar-refractivity contribution >= 4 is 35.0 Å². The molecule has 0 unspecified atom stereocenters. The molecular formula is C19H17Cl2N3S. The van der Waals surface area contributed by atoms with Crippen LogP contribution in [0, 0.1) is 6.92 Å². The van der Waals surface area contributed by atoms with E-state index in [0.717, 1.165) is 22.3 Å². The highest BCUT2D eigenvalue weighted by atomic mass is 35.5. The Labute approximate surface area is 161 Å². The molecule has 6 heteroatoms. The third kappa shape index (κ3) is 4.27. The second-order valence-electron chi connectivity index (χ2n) is 5.61. The highest BCUT2D eigenvalue weighted by Crippen LogP contribution is 2.30. The van der Waals surface area contributed by atoms with Gasteiger partial charge in [-0.15, -0.1) is 16.8 Å². The first kappa shape index (κ1) is 18.1. The van der Waals surface area contributed by atoms with Gasteiger partial charge in [0.05, 0.1) is 10.0 Å². The molecule has 0 aliphatic rings. The number of thioether (sulfide) groups is 1. The van der Waals surface area contributed by atoms with E-state index in [2.05, 4.69) is 48.0 Å². The van der Waals surface area contributed by atoms with Crippen molar-refractivity contribution in [2.45, 2.75) is 24.4 Å². The summed E-state index contributed by atoms with van der Waals surface area (Å²) in [5, 5.41) is 10.6. The Kier molecular flexibility index (Phi) is 5.84. The quantitative estimate of drug-likeness (QED) is 0.380. The van der Waals surface area contributed by atoms with Crippen molar-refractivity contribution in [1.29, 1.82) is 0 Å². The summed E-state index contributed by atoms with van der Waals surface area (Å²) in [6, 6.07) is 13.9. The van der Waals surface area contributed by atoms with E-state index in [-0.39, 0.29) is 0 Å². The lowest BCUT2D eigenvalue weighted by Gasteiger charge is -2.08. The number of aromatic nitrogens is 3. The van der Waals surface area contributed by atoms with Crippen LogP contribution in [-0.2, 0) is 12.3 Å². The van der Waals surface area contributed by atoms with Gasteiger partial charge in [-0.05, 0) is 30.7 Å². The van der Waals surface area contributed by atoms with Gasteiger partial charge in [0.1, 0.15) is 0 Å². The van der Waals surface area contributed by atoms with Crippen molar-refractivity contribution in [3.05, 3.63) is 76.3 Å². The fraction of sp³-hybridized carbons (Fsp3) is 0.158. The molecule has 0 bridgehead atoms. The molecule has 1 aromatic heterocycles. The summed E-state index contributed by atoms with van der Waals surface area (Å²) in [6.45, 7) is 6.56. The average Bonchev–Trinajstić information content (AvgIpc) is 2.99. The van der Waals surface area contributed by atoms with Gasteiger partial charge >= 0.3 is 0 Å². The Hall–Kier alpha value is -1.75. The normalized spacial score (nSPS) is 10.8. The van der Waals surface area contributed by atoms with E-state index in [1.807, 2.05) is 22.8 Å². The minimum atomic E-state index is 0.501. The Morgan fingerprint density at radius 2 is 1.96 bits per heavy atom. The molecule has 0 spiro atoms. The average molecular weight is 390 g/mol. The highest BCUT2D eigenvalue weighted by molar-refractivity contribution is 7.98. The summed E-state index contributed by atoms with van der Waals surface area (Å²) < 4.78 is 2.03. The van der Waals surface area contributed by atoms with Gasteiger partial charge in [0.15, 0.2) is 11.0 Å². The van der Waals surface area contributed by atoms with E-state index in [9.17, 15) is 0 Å². The molecule has 0 atom stereocenters. The van der Waals surface area contributed by atoms with E-state index in [1.165, 1.54) is 11.1 Å². The summed E-state index contributed by atoms with van der Waals surface area (Å²) in [5.41, 5.74) is 3.39. The number of allylic oxidation sites excluding steroid dienone is 1. The van der Waals surface area contributed by atoms with Crippen molar-refractivity contribution in [3.63, 3.8) is 0 Å². The SMILES string of the molecule is C=CCn1c(SCc2cccc(C)c2)nnc1-c1ccc(Cl)c(Cl)c1. The summed E-state index contributed by atoms with van der Waals surface area (Å²) in [7, 11) is 0. The molecule has 0 aliphatic carbocycles. The lowest BCUT2D eigenvalue weighted by atomic mass is 10.2. The first-order chi connectivity index (χ1) is 12.1. The van der Waals surface area contributed by atoms with E-state index >= 15 is 0 Å². The molecule has 128 valence electrons. The predicted octanol–water partition coefficient (Wildman–Crippen LogP) is 6.04. The van der Waals surface area contributed by atoms with Crippen molar-refractivity contribution in [1.82, 2.24) is 14.8 Å². The van der Waals surface area contributed by atoms with Gasteiger partial charge in [0.2, 0.25) is 0 Å². The van der Waals surface area contributed by atoms with Crippen LogP contribution < -0.4 is 0 Å². The molecule has 3 rings (SSSR count). The number of rotatable bonds is 6. The largest absolute Gasteiger partial charge is 0.298 e. The third-order valence-corrected chi connectivity index (χ3v) is 5.43. The van der Waals surface area contributed by atoms with Gasteiger partial charge in [0.25, 0.3) is 0 Å². The minimum absolute atomic E-state index is 0.501. The van der Waals surface area contributed by atoms with Crippen molar-refractivity contribution in [2.24, 2.45) is 0 Å². The number of aryl methyl sites for hydroxylation is 1. The fourth-order valence-corrected chi connectivity index (χ4v) is 3.68. The van der Waals surface area contributed by atoms with Crippen LogP contribution in [0.5, 0.6) is 0 Å². The Bertz CT molecular complexity index is 905. The summed E-state index contributed by atoms with van der Waals surface area (Å²) >= 11 is 13.8. The van der Waals surface area contributed by atoms with Gasteiger partial charge in [-0.2, -0.15) is 0 Å². The number of benzene rings is 2. The zero-order valence-electron chi connectivity index (χ0n) is 13.7. The molecule has 0 radical (unpaired) electrons. The third-order valence-electron chi connectivity index (χ3n) is 3.66.